The quantitative estimate of drug-likeness (QED) is 0.788. The molecule has 1 aromatic heterocycles. The molecule has 0 amide bonds. The second-order valence-corrected chi connectivity index (χ2v) is 4.28. The van der Waals surface area contributed by atoms with Gasteiger partial charge in [0.05, 0.1) is 22.9 Å². The van der Waals surface area contributed by atoms with Crippen LogP contribution in [0.2, 0.25) is 0 Å². The number of aldehydes is 1. The summed E-state index contributed by atoms with van der Waals surface area (Å²) in [5.41, 5.74) is 2.78. The minimum absolute atomic E-state index is 0.578. The Kier molecular flexibility index (Phi) is 3.34. The van der Waals surface area contributed by atoms with E-state index in [1.54, 1.807) is 30.8 Å². The van der Waals surface area contributed by atoms with Crippen LogP contribution < -0.4 is 4.90 Å². The molecule has 0 aliphatic carbocycles. The Hall–Kier alpha value is -2.61. The third kappa shape index (κ3) is 2.20. The smallest absolute Gasteiger partial charge is 0.155 e. The van der Waals surface area contributed by atoms with E-state index in [-0.39, 0.29) is 0 Å². The van der Waals surface area contributed by atoms with E-state index in [1.807, 2.05) is 24.1 Å². The monoisotopic (exact) mass is 254 g/mol. The Balaban J connectivity index is 2.46. The van der Waals surface area contributed by atoms with Crippen molar-refractivity contribution < 1.29 is 4.79 Å². The highest BCUT2D eigenvalue weighted by molar-refractivity contribution is 5.86. The number of hydrogen-bond acceptors (Lipinski definition) is 4. The SMILES string of the molecule is Cc1nn(C)c(N(C)c2ccc(C#N)cc2)c1C=O. The van der Waals surface area contributed by atoms with Crippen molar-refractivity contribution in [3.63, 3.8) is 0 Å². The molecular formula is C14H14N4O. The molecule has 2 rings (SSSR count). The van der Waals surface area contributed by atoms with Gasteiger partial charge < -0.3 is 4.90 Å². The molecule has 0 aliphatic heterocycles. The highest BCUT2D eigenvalue weighted by atomic mass is 16.1. The van der Waals surface area contributed by atoms with E-state index in [4.69, 9.17) is 5.26 Å². The zero-order valence-electron chi connectivity index (χ0n) is 11.1. The summed E-state index contributed by atoms with van der Waals surface area (Å²) in [6.07, 6.45) is 0.817. The van der Waals surface area contributed by atoms with Crippen LogP contribution >= 0.6 is 0 Å². The lowest BCUT2D eigenvalue weighted by Crippen LogP contribution is -2.15. The summed E-state index contributed by atoms with van der Waals surface area (Å²) in [5, 5.41) is 13.0. The number of nitrogens with zero attached hydrogens (tertiary/aromatic N) is 4. The van der Waals surface area contributed by atoms with Crippen LogP contribution in [-0.2, 0) is 7.05 Å². The molecule has 1 heterocycles. The van der Waals surface area contributed by atoms with Crippen LogP contribution in [0.15, 0.2) is 24.3 Å². The maximum absolute atomic E-state index is 11.2. The first-order valence-corrected chi connectivity index (χ1v) is 5.81. The van der Waals surface area contributed by atoms with E-state index in [0.29, 0.717) is 16.8 Å². The van der Waals surface area contributed by atoms with Gasteiger partial charge in [-0.05, 0) is 31.2 Å². The summed E-state index contributed by atoms with van der Waals surface area (Å²) in [4.78, 5) is 13.1. The average molecular weight is 254 g/mol. The molecule has 2 aromatic rings. The molecule has 0 fully saturated rings. The van der Waals surface area contributed by atoms with Gasteiger partial charge in [0, 0.05) is 19.8 Å². The molecule has 0 N–H and O–H groups in total. The maximum Gasteiger partial charge on any atom is 0.155 e. The number of nitriles is 1. The molecule has 0 radical (unpaired) electrons. The van der Waals surface area contributed by atoms with Crippen molar-refractivity contribution in [2.24, 2.45) is 7.05 Å². The Bertz CT molecular complexity index is 649. The first-order chi connectivity index (χ1) is 9.08. The van der Waals surface area contributed by atoms with Gasteiger partial charge in [-0.25, -0.2) is 0 Å². The number of hydrogen-bond donors (Lipinski definition) is 0. The molecule has 0 atom stereocenters. The van der Waals surface area contributed by atoms with E-state index in [9.17, 15) is 4.79 Å². The summed E-state index contributed by atoms with van der Waals surface area (Å²) in [6, 6.07) is 9.26. The van der Waals surface area contributed by atoms with Crippen molar-refractivity contribution in [1.29, 1.82) is 5.26 Å². The van der Waals surface area contributed by atoms with Gasteiger partial charge in [-0.3, -0.25) is 9.48 Å². The first-order valence-electron chi connectivity index (χ1n) is 5.81. The molecule has 19 heavy (non-hydrogen) atoms. The van der Waals surface area contributed by atoms with Crippen LogP contribution in [0.5, 0.6) is 0 Å². The van der Waals surface area contributed by atoms with Crippen LogP contribution in [0, 0.1) is 18.3 Å². The Morgan fingerprint density at radius 2 is 2.00 bits per heavy atom. The standard InChI is InChI=1S/C14H14N4O/c1-10-13(9-19)14(18(3)16-10)17(2)12-6-4-11(8-15)5-7-12/h4-7,9H,1-3H3. The number of aromatic nitrogens is 2. The molecule has 1 aromatic carbocycles. The second-order valence-electron chi connectivity index (χ2n) is 4.28. The molecule has 0 spiro atoms. The normalized spacial score (nSPS) is 10.0. The average Bonchev–Trinajstić information content (AvgIpc) is 2.72. The zero-order valence-corrected chi connectivity index (χ0v) is 11.1. The van der Waals surface area contributed by atoms with Gasteiger partial charge in [-0.2, -0.15) is 10.4 Å². The largest absolute Gasteiger partial charge is 0.329 e. The molecule has 0 saturated carbocycles. The lowest BCUT2D eigenvalue weighted by Gasteiger charge is -2.20. The topological polar surface area (TPSA) is 61.9 Å². The van der Waals surface area contributed by atoms with Gasteiger partial charge in [0.25, 0.3) is 0 Å². The maximum atomic E-state index is 11.2. The third-order valence-corrected chi connectivity index (χ3v) is 3.06. The van der Waals surface area contributed by atoms with Crippen molar-refractivity contribution in [3.8, 4) is 6.07 Å². The summed E-state index contributed by atoms with van der Waals surface area (Å²) in [6.45, 7) is 1.81. The summed E-state index contributed by atoms with van der Waals surface area (Å²) in [5.74, 6) is 0.734. The van der Waals surface area contributed by atoms with Gasteiger partial charge in [0.1, 0.15) is 5.82 Å². The number of carbonyl (C=O) groups excluding carboxylic acids is 1. The lowest BCUT2D eigenvalue weighted by atomic mass is 10.2. The van der Waals surface area contributed by atoms with Crippen molar-refractivity contribution in [2.45, 2.75) is 6.92 Å². The lowest BCUT2D eigenvalue weighted by molar-refractivity contribution is 0.112. The predicted octanol–water partition coefficient (Wildman–Crippen LogP) is 2.18. The fourth-order valence-electron chi connectivity index (χ4n) is 2.08. The van der Waals surface area contributed by atoms with Gasteiger partial charge in [0.2, 0.25) is 0 Å². The molecule has 5 heteroatoms. The van der Waals surface area contributed by atoms with E-state index in [0.717, 1.165) is 17.8 Å². The molecule has 0 saturated heterocycles. The van der Waals surface area contributed by atoms with Crippen molar-refractivity contribution in [3.05, 3.63) is 41.1 Å². The number of aryl methyl sites for hydroxylation is 2. The number of benzene rings is 1. The Labute approximate surface area is 111 Å². The molecule has 5 nitrogen and oxygen atoms in total. The van der Waals surface area contributed by atoms with Crippen LogP contribution in [0.25, 0.3) is 0 Å². The first kappa shape index (κ1) is 12.8. The van der Waals surface area contributed by atoms with E-state index in [1.165, 1.54) is 0 Å². The highest BCUT2D eigenvalue weighted by Gasteiger charge is 2.17. The number of carbonyl (C=O) groups is 1. The fourth-order valence-corrected chi connectivity index (χ4v) is 2.08. The summed E-state index contributed by atoms with van der Waals surface area (Å²) < 4.78 is 1.68. The van der Waals surface area contributed by atoms with Crippen LogP contribution in [0.1, 0.15) is 21.6 Å². The fraction of sp³-hybridized carbons (Fsp3) is 0.214. The predicted molar refractivity (Wildman–Crippen MR) is 72.6 cm³/mol. The Morgan fingerprint density at radius 1 is 1.37 bits per heavy atom. The third-order valence-electron chi connectivity index (χ3n) is 3.06. The van der Waals surface area contributed by atoms with Crippen LogP contribution in [0.4, 0.5) is 11.5 Å². The van der Waals surface area contributed by atoms with Gasteiger partial charge in [-0.15, -0.1) is 0 Å². The van der Waals surface area contributed by atoms with Gasteiger partial charge in [0.15, 0.2) is 6.29 Å². The number of anilines is 2. The molecular weight excluding hydrogens is 240 g/mol. The minimum atomic E-state index is 0.578. The van der Waals surface area contributed by atoms with E-state index < -0.39 is 0 Å². The summed E-state index contributed by atoms with van der Waals surface area (Å²) >= 11 is 0. The van der Waals surface area contributed by atoms with Gasteiger partial charge >= 0.3 is 0 Å². The van der Waals surface area contributed by atoms with E-state index in [2.05, 4.69) is 11.2 Å². The second kappa shape index (κ2) is 4.94. The van der Waals surface area contributed by atoms with Crippen LogP contribution in [-0.4, -0.2) is 23.1 Å². The number of rotatable bonds is 3. The van der Waals surface area contributed by atoms with E-state index >= 15 is 0 Å². The molecule has 96 valence electrons. The highest BCUT2D eigenvalue weighted by Crippen LogP contribution is 2.27. The van der Waals surface area contributed by atoms with Gasteiger partial charge in [-0.1, -0.05) is 0 Å². The Morgan fingerprint density at radius 3 is 2.53 bits per heavy atom. The van der Waals surface area contributed by atoms with Crippen molar-refractivity contribution in [1.82, 2.24) is 9.78 Å². The zero-order chi connectivity index (χ0) is 14.0. The molecule has 0 bridgehead atoms. The van der Waals surface area contributed by atoms with Crippen molar-refractivity contribution >= 4 is 17.8 Å². The molecule has 0 unspecified atom stereocenters. The molecule has 0 aliphatic rings. The van der Waals surface area contributed by atoms with Crippen molar-refractivity contribution in [2.75, 3.05) is 11.9 Å². The van der Waals surface area contributed by atoms with Crippen LogP contribution in [0.3, 0.4) is 0 Å². The summed E-state index contributed by atoms with van der Waals surface area (Å²) in [7, 11) is 3.67. The minimum Gasteiger partial charge on any atom is -0.329 e.